The van der Waals surface area contributed by atoms with Crippen molar-refractivity contribution in [3.8, 4) is 0 Å². The summed E-state index contributed by atoms with van der Waals surface area (Å²) in [5.74, 6) is 1.16. The smallest absolute Gasteiger partial charge is 0.175 e. The molecule has 0 amide bonds. The van der Waals surface area contributed by atoms with E-state index in [0.717, 1.165) is 17.9 Å². The van der Waals surface area contributed by atoms with Gasteiger partial charge in [-0.05, 0) is 36.0 Å². The Hall–Kier alpha value is -0.830. The van der Waals surface area contributed by atoms with E-state index in [-0.39, 0.29) is 0 Å². The number of hydrogen-bond acceptors (Lipinski definition) is 2. The van der Waals surface area contributed by atoms with Crippen LogP contribution in [0.25, 0.3) is 0 Å². The van der Waals surface area contributed by atoms with Crippen LogP contribution in [0.3, 0.4) is 0 Å². The highest BCUT2D eigenvalue weighted by molar-refractivity contribution is 7.90. The van der Waals surface area contributed by atoms with Gasteiger partial charge in [-0.2, -0.15) is 0 Å². The Labute approximate surface area is 111 Å². The first-order valence-electron chi connectivity index (χ1n) is 6.64. The van der Waals surface area contributed by atoms with Crippen molar-refractivity contribution in [3.63, 3.8) is 0 Å². The fourth-order valence-electron chi connectivity index (χ4n) is 1.96. The molecule has 0 spiro atoms. The highest BCUT2D eigenvalue weighted by atomic mass is 32.2. The molecule has 0 aliphatic carbocycles. The quantitative estimate of drug-likeness (QED) is 0.781. The monoisotopic (exact) mass is 268 g/mol. The molecule has 102 valence electrons. The molecule has 0 saturated carbocycles. The molecule has 1 rings (SSSR count). The number of sulfone groups is 1. The average molecular weight is 268 g/mol. The van der Waals surface area contributed by atoms with Crippen LogP contribution >= 0.6 is 0 Å². The molecule has 1 aromatic rings. The third kappa shape index (κ3) is 4.45. The molecule has 0 fully saturated rings. The minimum Gasteiger partial charge on any atom is -0.224 e. The van der Waals surface area contributed by atoms with Gasteiger partial charge in [-0.1, -0.05) is 45.7 Å². The van der Waals surface area contributed by atoms with E-state index < -0.39 is 9.84 Å². The van der Waals surface area contributed by atoms with Gasteiger partial charge >= 0.3 is 0 Å². The van der Waals surface area contributed by atoms with E-state index in [9.17, 15) is 8.42 Å². The third-order valence-electron chi connectivity index (χ3n) is 3.64. The Morgan fingerprint density at radius 1 is 1.17 bits per heavy atom. The standard InChI is InChI=1S/C15H24O2S/c1-5-12(2)9-10-13(3)14-7-6-8-15(11-14)18(4,16)17/h6-8,11-13H,5,9-10H2,1-4H3/t12-,13?/m0/s1. The van der Waals surface area contributed by atoms with Gasteiger partial charge in [-0.25, -0.2) is 8.42 Å². The summed E-state index contributed by atoms with van der Waals surface area (Å²) in [7, 11) is -3.09. The molecule has 2 nitrogen and oxygen atoms in total. The maximum Gasteiger partial charge on any atom is 0.175 e. The van der Waals surface area contributed by atoms with E-state index in [1.807, 2.05) is 18.2 Å². The van der Waals surface area contributed by atoms with Gasteiger partial charge in [0.1, 0.15) is 0 Å². The SMILES string of the molecule is CC[C@H](C)CCC(C)c1cccc(S(C)(=O)=O)c1. The Morgan fingerprint density at radius 2 is 1.83 bits per heavy atom. The van der Waals surface area contributed by atoms with Crippen LogP contribution in [0.4, 0.5) is 0 Å². The molecule has 0 bridgehead atoms. The van der Waals surface area contributed by atoms with Crippen LogP contribution < -0.4 is 0 Å². The van der Waals surface area contributed by atoms with Crippen molar-refractivity contribution in [3.05, 3.63) is 29.8 Å². The Morgan fingerprint density at radius 3 is 2.39 bits per heavy atom. The predicted molar refractivity (Wildman–Crippen MR) is 76.7 cm³/mol. The molecule has 1 unspecified atom stereocenters. The highest BCUT2D eigenvalue weighted by Crippen LogP contribution is 2.25. The van der Waals surface area contributed by atoms with Crippen molar-refractivity contribution in [2.24, 2.45) is 5.92 Å². The Balaban J connectivity index is 2.78. The summed E-state index contributed by atoms with van der Waals surface area (Å²) in [6.45, 7) is 6.64. The van der Waals surface area contributed by atoms with Crippen molar-refractivity contribution in [2.45, 2.75) is 50.8 Å². The normalized spacial score (nSPS) is 15.3. The Bertz CT molecular complexity index is 477. The van der Waals surface area contributed by atoms with Crippen LogP contribution in [0.1, 0.15) is 51.5 Å². The molecule has 0 aliphatic heterocycles. The van der Waals surface area contributed by atoms with E-state index in [1.165, 1.54) is 19.1 Å². The molecular weight excluding hydrogens is 244 g/mol. The highest BCUT2D eigenvalue weighted by Gasteiger charge is 2.12. The van der Waals surface area contributed by atoms with Gasteiger partial charge in [0.15, 0.2) is 9.84 Å². The zero-order valence-electron chi connectivity index (χ0n) is 11.8. The van der Waals surface area contributed by atoms with Gasteiger partial charge in [0.05, 0.1) is 4.90 Å². The molecule has 1 aromatic carbocycles. The molecule has 2 atom stereocenters. The third-order valence-corrected chi connectivity index (χ3v) is 4.75. The summed E-state index contributed by atoms with van der Waals surface area (Å²) >= 11 is 0. The number of benzene rings is 1. The number of rotatable bonds is 6. The lowest BCUT2D eigenvalue weighted by Crippen LogP contribution is -2.02. The fourth-order valence-corrected chi connectivity index (χ4v) is 2.63. The molecule has 18 heavy (non-hydrogen) atoms. The lowest BCUT2D eigenvalue weighted by molar-refractivity contribution is 0.470. The first kappa shape index (κ1) is 15.2. The summed E-state index contributed by atoms with van der Waals surface area (Å²) in [4.78, 5) is 0.426. The summed E-state index contributed by atoms with van der Waals surface area (Å²) in [5, 5.41) is 0. The molecule has 0 saturated heterocycles. The summed E-state index contributed by atoms with van der Waals surface area (Å²) < 4.78 is 23.0. The fraction of sp³-hybridized carbons (Fsp3) is 0.600. The maximum absolute atomic E-state index is 11.5. The van der Waals surface area contributed by atoms with Crippen LogP contribution in [-0.2, 0) is 9.84 Å². The minimum absolute atomic E-state index is 0.417. The average Bonchev–Trinajstić information content (AvgIpc) is 2.34. The van der Waals surface area contributed by atoms with Gasteiger partial charge in [0, 0.05) is 6.26 Å². The van der Waals surface area contributed by atoms with Gasteiger partial charge in [-0.15, -0.1) is 0 Å². The van der Waals surface area contributed by atoms with Crippen molar-refractivity contribution < 1.29 is 8.42 Å². The van der Waals surface area contributed by atoms with Crippen LogP contribution in [0, 0.1) is 5.92 Å². The van der Waals surface area contributed by atoms with Gasteiger partial charge < -0.3 is 0 Å². The molecule has 0 aliphatic rings. The number of hydrogen-bond donors (Lipinski definition) is 0. The van der Waals surface area contributed by atoms with E-state index >= 15 is 0 Å². The van der Waals surface area contributed by atoms with Crippen LogP contribution in [0.2, 0.25) is 0 Å². The van der Waals surface area contributed by atoms with E-state index in [0.29, 0.717) is 10.8 Å². The summed E-state index contributed by atoms with van der Waals surface area (Å²) in [5.41, 5.74) is 1.13. The van der Waals surface area contributed by atoms with Crippen molar-refractivity contribution in [2.75, 3.05) is 6.26 Å². The van der Waals surface area contributed by atoms with Gasteiger partial charge in [0.25, 0.3) is 0 Å². The Kier molecular flexibility index (Phi) is 5.39. The van der Waals surface area contributed by atoms with Crippen molar-refractivity contribution in [1.82, 2.24) is 0 Å². The first-order valence-corrected chi connectivity index (χ1v) is 8.53. The lowest BCUT2D eigenvalue weighted by Gasteiger charge is -2.15. The van der Waals surface area contributed by atoms with Crippen LogP contribution in [-0.4, -0.2) is 14.7 Å². The molecule has 0 radical (unpaired) electrons. The molecule has 3 heteroatoms. The molecule has 0 heterocycles. The molecule has 0 aromatic heterocycles. The van der Waals surface area contributed by atoms with Crippen LogP contribution in [0.15, 0.2) is 29.2 Å². The van der Waals surface area contributed by atoms with E-state index in [1.54, 1.807) is 6.07 Å². The molecule has 0 N–H and O–H groups in total. The first-order chi connectivity index (χ1) is 8.34. The van der Waals surface area contributed by atoms with Gasteiger partial charge in [-0.3, -0.25) is 0 Å². The van der Waals surface area contributed by atoms with Crippen LogP contribution in [0.5, 0.6) is 0 Å². The zero-order chi connectivity index (χ0) is 13.8. The molecular formula is C15H24O2S. The van der Waals surface area contributed by atoms with Gasteiger partial charge in [0.2, 0.25) is 0 Å². The largest absolute Gasteiger partial charge is 0.224 e. The summed E-state index contributed by atoms with van der Waals surface area (Å²) in [6.07, 6.45) is 4.77. The van der Waals surface area contributed by atoms with E-state index in [2.05, 4.69) is 20.8 Å². The second-order valence-electron chi connectivity index (χ2n) is 5.34. The van der Waals surface area contributed by atoms with Crippen molar-refractivity contribution >= 4 is 9.84 Å². The lowest BCUT2D eigenvalue weighted by atomic mass is 9.91. The zero-order valence-corrected chi connectivity index (χ0v) is 12.6. The summed E-state index contributed by atoms with van der Waals surface area (Å²) in [6, 6.07) is 7.35. The second kappa shape index (κ2) is 6.37. The van der Waals surface area contributed by atoms with E-state index in [4.69, 9.17) is 0 Å². The topological polar surface area (TPSA) is 34.1 Å². The second-order valence-corrected chi connectivity index (χ2v) is 7.35. The van der Waals surface area contributed by atoms with Crippen molar-refractivity contribution in [1.29, 1.82) is 0 Å². The minimum atomic E-state index is -3.09. The maximum atomic E-state index is 11.5. The predicted octanol–water partition coefficient (Wildman–Crippen LogP) is 4.02.